The van der Waals surface area contributed by atoms with E-state index in [1.54, 1.807) is 5.57 Å². The summed E-state index contributed by atoms with van der Waals surface area (Å²) in [5.74, 6) is 5.95. The number of carbonyl (C=O) groups excluding carboxylic acids is 1. The average molecular weight is 671 g/mol. The first-order valence-corrected chi connectivity index (χ1v) is 21.2. The Kier molecular flexibility index (Phi) is 13.8. The number of esters is 1. The molecule has 0 radical (unpaired) electrons. The van der Waals surface area contributed by atoms with Gasteiger partial charge in [0.05, 0.1) is 6.42 Å². The highest BCUT2D eigenvalue weighted by molar-refractivity contribution is 5.71. The summed E-state index contributed by atoms with van der Waals surface area (Å²) in [5, 5.41) is 0. The summed E-state index contributed by atoms with van der Waals surface area (Å²) in [6.45, 7) is 17.2. The Labute approximate surface area is 302 Å². The van der Waals surface area contributed by atoms with Crippen LogP contribution in [-0.2, 0) is 16.0 Å². The molecule has 3 saturated carbocycles. The molecule has 49 heavy (non-hydrogen) atoms. The molecule has 0 spiro atoms. The number of fused-ring (bicyclic) bond motifs is 5. The quantitative estimate of drug-likeness (QED) is 0.122. The number of allylic oxidation sites excluding steroid dienone is 2. The summed E-state index contributed by atoms with van der Waals surface area (Å²) in [6, 6.07) is 10.9. The lowest BCUT2D eigenvalue weighted by molar-refractivity contribution is -0.150. The van der Waals surface area contributed by atoms with Crippen LogP contribution in [-0.4, -0.2) is 12.1 Å². The summed E-state index contributed by atoms with van der Waals surface area (Å²) in [4.78, 5) is 13.1. The molecule has 0 heterocycles. The average Bonchev–Trinajstić information content (AvgIpc) is 3.45. The van der Waals surface area contributed by atoms with E-state index >= 15 is 0 Å². The van der Waals surface area contributed by atoms with E-state index in [0.29, 0.717) is 17.3 Å². The Morgan fingerprint density at radius 2 is 1.71 bits per heavy atom. The number of hydrogen-bond acceptors (Lipinski definition) is 2. The molecule has 3 fully saturated rings. The minimum absolute atomic E-state index is 0.0175. The van der Waals surface area contributed by atoms with Gasteiger partial charge >= 0.3 is 5.97 Å². The number of rotatable bonds is 17. The lowest BCUT2D eigenvalue weighted by Crippen LogP contribution is -2.51. The van der Waals surface area contributed by atoms with Crippen LogP contribution in [0.5, 0.6) is 0 Å². The molecule has 4 aliphatic rings. The van der Waals surface area contributed by atoms with Crippen molar-refractivity contribution in [2.45, 2.75) is 177 Å². The zero-order valence-electron chi connectivity index (χ0n) is 32.9. The van der Waals surface area contributed by atoms with E-state index in [9.17, 15) is 4.79 Å². The van der Waals surface area contributed by atoms with Gasteiger partial charge in [-0.15, -0.1) is 0 Å². The van der Waals surface area contributed by atoms with Crippen molar-refractivity contribution in [3.05, 3.63) is 59.2 Å². The van der Waals surface area contributed by atoms with Crippen molar-refractivity contribution in [1.82, 2.24) is 0 Å². The van der Waals surface area contributed by atoms with Crippen molar-refractivity contribution in [2.24, 2.45) is 52.3 Å². The summed E-state index contributed by atoms with van der Waals surface area (Å²) in [6.07, 6.45) is 28.1. The summed E-state index contributed by atoms with van der Waals surface area (Å²) in [7, 11) is 0. The minimum Gasteiger partial charge on any atom is -0.462 e. The van der Waals surface area contributed by atoms with E-state index < -0.39 is 0 Å². The van der Waals surface area contributed by atoms with Crippen LogP contribution >= 0.6 is 0 Å². The van der Waals surface area contributed by atoms with Crippen LogP contribution in [0, 0.1) is 52.3 Å². The topological polar surface area (TPSA) is 26.3 Å². The number of aryl methyl sites for hydroxylation is 1. The Bertz CT molecular complexity index is 1240. The van der Waals surface area contributed by atoms with Gasteiger partial charge in [0.2, 0.25) is 0 Å². The van der Waals surface area contributed by atoms with E-state index in [-0.39, 0.29) is 12.1 Å². The highest BCUT2D eigenvalue weighted by atomic mass is 16.5. The normalized spacial score (nSPS) is 32.5. The van der Waals surface area contributed by atoms with Gasteiger partial charge in [-0.1, -0.05) is 134 Å². The van der Waals surface area contributed by atoms with Crippen LogP contribution in [0.1, 0.15) is 170 Å². The Morgan fingerprint density at radius 1 is 0.918 bits per heavy atom. The molecule has 5 rings (SSSR count). The molecule has 0 N–H and O–H groups in total. The van der Waals surface area contributed by atoms with Crippen molar-refractivity contribution in [1.29, 1.82) is 0 Å². The number of hydrogen-bond donors (Lipinski definition) is 0. The van der Waals surface area contributed by atoms with Crippen molar-refractivity contribution >= 4 is 5.97 Å². The molecule has 0 amide bonds. The molecule has 1 aromatic carbocycles. The van der Waals surface area contributed by atoms with E-state index in [0.717, 1.165) is 67.1 Å². The predicted molar refractivity (Wildman–Crippen MR) is 208 cm³/mol. The van der Waals surface area contributed by atoms with E-state index in [1.165, 1.54) is 101 Å². The predicted octanol–water partition coefficient (Wildman–Crippen LogP) is 13.5. The first kappa shape index (κ1) is 38.4. The van der Waals surface area contributed by atoms with Gasteiger partial charge in [-0.25, -0.2) is 0 Å². The summed E-state index contributed by atoms with van der Waals surface area (Å²) < 4.78 is 6.20. The Hall–Kier alpha value is -1.83. The third-order valence-corrected chi connectivity index (χ3v) is 14.9. The summed E-state index contributed by atoms with van der Waals surface area (Å²) in [5.41, 5.74) is 5.35. The maximum atomic E-state index is 13.1. The lowest BCUT2D eigenvalue weighted by atomic mass is 9.47. The van der Waals surface area contributed by atoms with Crippen LogP contribution < -0.4 is 0 Å². The van der Waals surface area contributed by atoms with Crippen LogP contribution in [0.3, 0.4) is 0 Å². The Morgan fingerprint density at radius 3 is 2.45 bits per heavy atom. The van der Waals surface area contributed by atoms with Gasteiger partial charge in [0.1, 0.15) is 6.10 Å². The fraction of sp³-hybridized carbons (Fsp3) is 0.766. The fourth-order valence-electron chi connectivity index (χ4n) is 11.8. The van der Waals surface area contributed by atoms with Crippen LogP contribution in [0.4, 0.5) is 0 Å². The molecule has 0 bridgehead atoms. The van der Waals surface area contributed by atoms with Crippen LogP contribution in [0.25, 0.3) is 0 Å². The zero-order chi connectivity index (χ0) is 35.0. The molecule has 0 saturated heterocycles. The maximum Gasteiger partial charge on any atom is 0.309 e. The maximum absolute atomic E-state index is 13.1. The lowest BCUT2D eigenvalue weighted by Gasteiger charge is -2.58. The monoisotopic (exact) mass is 671 g/mol. The van der Waals surface area contributed by atoms with Gasteiger partial charge < -0.3 is 4.74 Å². The Balaban J connectivity index is 1.08. The minimum atomic E-state index is -0.0175. The zero-order valence-corrected chi connectivity index (χ0v) is 32.9. The van der Waals surface area contributed by atoms with Crippen molar-refractivity contribution < 1.29 is 9.53 Å². The molecular formula is C47H74O2. The smallest absolute Gasteiger partial charge is 0.309 e. The second kappa shape index (κ2) is 17.6. The standard InChI is InChI=1S/C47H74O2/c1-8-36(21-22-38-17-11-10-12-18-38)19-14-20-37(9-2)23-28-45(48)49-40-29-31-46(6)39(33-40)24-25-41-43-27-26-42(35(5)16-13-15-34(3)4)47(43,7)32-30-44(41)46/h10-12,17-18,23-24,34-36,40-44H,8-9,13-16,19-22,25-33H2,1-7H3/b37-23+/t35-,36?,40+,41+,42-,43+,44+,46+,47-/m1/s1. The van der Waals surface area contributed by atoms with Gasteiger partial charge in [-0.05, 0) is 135 Å². The number of benzene rings is 1. The largest absolute Gasteiger partial charge is 0.462 e. The second-order valence-electron chi connectivity index (χ2n) is 18.3. The summed E-state index contributed by atoms with van der Waals surface area (Å²) >= 11 is 0. The van der Waals surface area contributed by atoms with Crippen molar-refractivity contribution in [2.75, 3.05) is 0 Å². The molecule has 0 aliphatic heterocycles. The molecule has 9 atom stereocenters. The van der Waals surface area contributed by atoms with E-state index in [4.69, 9.17) is 4.74 Å². The molecule has 0 aromatic heterocycles. The van der Waals surface area contributed by atoms with Gasteiger partial charge in [-0.3, -0.25) is 4.79 Å². The molecule has 2 heteroatoms. The number of carbonyl (C=O) groups is 1. The molecule has 1 unspecified atom stereocenters. The van der Waals surface area contributed by atoms with Gasteiger partial charge in [-0.2, -0.15) is 0 Å². The highest BCUT2D eigenvalue weighted by Gasteiger charge is 2.59. The van der Waals surface area contributed by atoms with E-state index in [1.807, 2.05) is 0 Å². The fourth-order valence-corrected chi connectivity index (χ4v) is 11.8. The second-order valence-corrected chi connectivity index (χ2v) is 18.3. The van der Waals surface area contributed by atoms with Crippen molar-refractivity contribution in [3.8, 4) is 0 Å². The van der Waals surface area contributed by atoms with Crippen molar-refractivity contribution in [3.63, 3.8) is 0 Å². The third kappa shape index (κ3) is 9.35. The van der Waals surface area contributed by atoms with Crippen LogP contribution in [0.2, 0.25) is 0 Å². The molecule has 2 nitrogen and oxygen atoms in total. The molecular weight excluding hydrogens is 597 g/mol. The molecule has 4 aliphatic carbocycles. The third-order valence-electron chi connectivity index (χ3n) is 14.9. The van der Waals surface area contributed by atoms with Gasteiger partial charge in [0.15, 0.2) is 0 Å². The first-order chi connectivity index (χ1) is 23.6. The SMILES string of the molecule is CC/C(=C\CC(=O)O[C@H]1CC[C@@]2(C)C(=CC[C@H]3[C@@H]4CC[C@H]([C@H](C)CCCC(C)C)[C@@]4(C)CC[C@@H]32)C1)CCCC(CC)CCc1ccccc1. The highest BCUT2D eigenvalue weighted by Crippen LogP contribution is 2.67. The van der Waals surface area contributed by atoms with E-state index in [2.05, 4.69) is 91.0 Å². The van der Waals surface area contributed by atoms with Crippen LogP contribution in [0.15, 0.2) is 53.6 Å². The number of ether oxygens (including phenoxy) is 1. The van der Waals surface area contributed by atoms with Gasteiger partial charge in [0.25, 0.3) is 0 Å². The first-order valence-electron chi connectivity index (χ1n) is 21.2. The molecule has 274 valence electrons. The molecule has 1 aromatic rings. The van der Waals surface area contributed by atoms with Gasteiger partial charge in [0, 0.05) is 6.42 Å².